The van der Waals surface area contributed by atoms with Crippen LogP contribution in [0.3, 0.4) is 0 Å². The van der Waals surface area contributed by atoms with Gasteiger partial charge in [-0.2, -0.15) is 0 Å². The largest absolute Gasteiger partial charge is 0.309 e. The van der Waals surface area contributed by atoms with Crippen molar-refractivity contribution in [2.75, 3.05) is 0 Å². The van der Waals surface area contributed by atoms with Gasteiger partial charge in [-0.3, -0.25) is 0 Å². The lowest BCUT2D eigenvalue weighted by molar-refractivity contribution is 1.18. The lowest BCUT2D eigenvalue weighted by atomic mass is 9.99. The Hall–Kier alpha value is -6.98. The quantitative estimate of drug-likeness (QED) is 0.169. The second-order valence-corrected chi connectivity index (χ2v) is 17.3. The average Bonchev–Trinajstić information content (AvgIpc) is 4.04. The Morgan fingerprint density at radius 2 is 0.845 bits per heavy atom. The summed E-state index contributed by atoms with van der Waals surface area (Å²) in [5.41, 5.74) is 12.2. The van der Waals surface area contributed by atoms with E-state index in [1.165, 1.54) is 112 Å². The average molecular weight is 773 g/mol. The highest BCUT2D eigenvalue weighted by Gasteiger charge is 2.21. The number of para-hydroxylation sites is 4. The number of fused-ring (bicyclic) bond motifs is 12. The smallest absolute Gasteiger partial charge is 0.0619 e. The Balaban J connectivity index is 1.12. The summed E-state index contributed by atoms with van der Waals surface area (Å²) in [6.45, 7) is 0. The van der Waals surface area contributed by atoms with Crippen LogP contribution in [0.25, 0.3) is 118 Å². The van der Waals surface area contributed by atoms with E-state index in [2.05, 4.69) is 203 Å². The van der Waals surface area contributed by atoms with Gasteiger partial charge in [0.25, 0.3) is 0 Å². The Kier molecular flexibility index (Phi) is 6.79. The topological polar surface area (TPSA) is 9.86 Å². The van der Waals surface area contributed by atoms with Crippen molar-refractivity contribution in [2.24, 2.45) is 0 Å². The number of rotatable bonds is 4. The molecule has 0 saturated carbocycles. The van der Waals surface area contributed by atoms with Gasteiger partial charge < -0.3 is 9.13 Å². The van der Waals surface area contributed by atoms with Crippen LogP contribution in [-0.2, 0) is 0 Å². The molecule has 4 heterocycles. The van der Waals surface area contributed by atoms with Gasteiger partial charge in [-0.05, 0) is 60.2 Å². The standard InChI is InChI=1S/C54H32N2S2/c1-2-14-34(15-3-1)56-48-25-9-5-17-38(48)42-21-12-20-36(52(42)56)33-28-29-39-37-16-4-8-24-47(37)55(49(39)30-33)35-31-45-41-19-7-11-27-51(41)58-54(45)46(32-35)44-23-13-22-43-40-18-6-10-26-50(40)57-53(43)44/h1-32H. The van der Waals surface area contributed by atoms with Crippen LogP contribution in [-0.4, -0.2) is 9.13 Å². The van der Waals surface area contributed by atoms with E-state index in [9.17, 15) is 0 Å². The molecule has 9 aromatic carbocycles. The molecule has 0 saturated heterocycles. The highest BCUT2D eigenvalue weighted by atomic mass is 32.1. The first-order valence-electron chi connectivity index (χ1n) is 19.8. The fourth-order valence-corrected chi connectivity index (χ4v) is 12.1. The highest BCUT2D eigenvalue weighted by molar-refractivity contribution is 7.27. The van der Waals surface area contributed by atoms with Gasteiger partial charge in [0.15, 0.2) is 0 Å². The second-order valence-electron chi connectivity index (χ2n) is 15.2. The number of benzene rings is 9. The molecule has 270 valence electrons. The van der Waals surface area contributed by atoms with E-state index in [-0.39, 0.29) is 0 Å². The molecule has 58 heavy (non-hydrogen) atoms. The van der Waals surface area contributed by atoms with Crippen molar-refractivity contribution < 1.29 is 0 Å². The molecule has 0 radical (unpaired) electrons. The molecule has 0 bridgehead atoms. The molecule has 4 heteroatoms. The maximum atomic E-state index is 2.52. The molecule has 0 aliphatic rings. The lowest BCUT2D eigenvalue weighted by Gasteiger charge is -2.14. The van der Waals surface area contributed by atoms with Crippen LogP contribution in [0.2, 0.25) is 0 Å². The summed E-state index contributed by atoms with van der Waals surface area (Å²) in [5, 5.41) is 10.3. The number of aromatic nitrogens is 2. The minimum absolute atomic E-state index is 1.16. The molecule has 0 amide bonds. The summed E-state index contributed by atoms with van der Waals surface area (Å²) >= 11 is 3.81. The summed E-state index contributed by atoms with van der Waals surface area (Å²) < 4.78 is 10.3. The van der Waals surface area contributed by atoms with Gasteiger partial charge in [-0.15, -0.1) is 22.7 Å². The summed E-state index contributed by atoms with van der Waals surface area (Å²) in [7, 11) is 0. The third-order valence-electron chi connectivity index (χ3n) is 12.1. The minimum Gasteiger partial charge on any atom is -0.309 e. The SMILES string of the molecule is c1ccc(-n2c3ccccc3c3cccc(-c4ccc5c6ccccc6n(-c6cc(-c7cccc8c7sc7ccccc78)c7sc8ccccc8c7c6)c5c4)c32)cc1. The molecule has 13 rings (SSSR count). The van der Waals surface area contributed by atoms with Crippen molar-refractivity contribution in [3.8, 4) is 33.6 Å². The Labute approximate surface area is 341 Å². The predicted octanol–water partition coefficient (Wildman–Crippen LogP) is 16.0. The zero-order valence-electron chi connectivity index (χ0n) is 31.2. The van der Waals surface area contributed by atoms with E-state index in [1.54, 1.807) is 0 Å². The lowest BCUT2D eigenvalue weighted by Crippen LogP contribution is -1.96. The van der Waals surface area contributed by atoms with Gasteiger partial charge in [0.05, 0.1) is 22.1 Å². The second kappa shape index (κ2) is 12.3. The van der Waals surface area contributed by atoms with Crippen molar-refractivity contribution in [1.29, 1.82) is 0 Å². The molecular formula is C54H32N2S2. The van der Waals surface area contributed by atoms with Crippen molar-refractivity contribution in [2.45, 2.75) is 0 Å². The van der Waals surface area contributed by atoms with Crippen LogP contribution >= 0.6 is 22.7 Å². The van der Waals surface area contributed by atoms with E-state index in [0.717, 1.165) is 5.69 Å². The van der Waals surface area contributed by atoms with E-state index in [0.29, 0.717) is 0 Å². The molecule has 0 spiro atoms. The number of hydrogen-bond donors (Lipinski definition) is 0. The Bertz CT molecular complexity index is 3800. The fraction of sp³-hybridized carbons (Fsp3) is 0. The zero-order chi connectivity index (χ0) is 37.9. The first kappa shape index (κ1) is 32.1. The van der Waals surface area contributed by atoms with E-state index in [1.807, 2.05) is 22.7 Å². The summed E-state index contributed by atoms with van der Waals surface area (Å²) in [4.78, 5) is 0. The summed E-state index contributed by atoms with van der Waals surface area (Å²) in [6, 6.07) is 71.8. The summed E-state index contributed by atoms with van der Waals surface area (Å²) in [5.74, 6) is 0. The first-order chi connectivity index (χ1) is 28.8. The van der Waals surface area contributed by atoms with Crippen molar-refractivity contribution >= 4 is 107 Å². The normalized spacial score (nSPS) is 12.1. The van der Waals surface area contributed by atoms with Crippen LogP contribution in [0, 0.1) is 0 Å². The Morgan fingerprint density at radius 3 is 1.60 bits per heavy atom. The molecular weight excluding hydrogens is 741 g/mol. The third kappa shape index (κ3) is 4.53. The van der Waals surface area contributed by atoms with E-state index in [4.69, 9.17) is 0 Å². The monoisotopic (exact) mass is 772 g/mol. The van der Waals surface area contributed by atoms with Gasteiger partial charge in [0.1, 0.15) is 0 Å². The highest BCUT2D eigenvalue weighted by Crippen LogP contribution is 2.48. The van der Waals surface area contributed by atoms with Gasteiger partial charge in [-0.1, -0.05) is 140 Å². The maximum Gasteiger partial charge on any atom is 0.0619 e. The molecule has 0 N–H and O–H groups in total. The van der Waals surface area contributed by atoms with E-state index < -0.39 is 0 Å². The Morgan fingerprint density at radius 1 is 0.293 bits per heavy atom. The molecule has 2 nitrogen and oxygen atoms in total. The third-order valence-corrected chi connectivity index (χ3v) is 14.5. The predicted molar refractivity (Wildman–Crippen MR) is 252 cm³/mol. The minimum atomic E-state index is 1.16. The zero-order valence-corrected chi connectivity index (χ0v) is 32.8. The molecule has 13 aromatic rings. The van der Waals surface area contributed by atoms with Crippen LogP contribution in [0.15, 0.2) is 194 Å². The van der Waals surface area contributed by atoms with Crippen molar-refractivity contribution in [3.05, 3.63) is 194 Å². The van der Waals surface area contributed by atoms with Crippen LogP contribution in [0.4, 0.5) is 0 Å². The van der Waals surface area contributed by atoms with Gasteiger partial charge in [0.2, 0.25) is 0 Å². The molecule has 4 aromatic heterocycles. The van der Waals surface area contributed by atoms with Crippen molar-refractivity contribution in [3.63, 3.8) is 0 Å². The van der Waals surface area contributed by atoms with E-state index >= 15 is 0 Å². The number of hydrogen-bond acceptors (Lipinski definition) is 2. The molecule has 0 aliphatic heterocycles. The summed E-state index contributed by atoms with van der Waals surface area (Å²) in [6.07, 6.45) is 0. The number of thiophene rings is 2. The van der Waals surface area contributed by atoms with Crippen LogP contribution in [0.5, 0.6) is 0 Å². The molecule has 0 atom stereocenters. The molecule has 0 aliphatic carbocycles. The fourth-order valence-electron chi connectivity index (χ4n) is 9.61. The van der Waals surface area contributed by atoms with Gasteiger partial charge in [-0.25, -0.2) is 0 Å². The van der Waals surface area contributed by atoms with Crippen LogP contribution < -0.4 is 0 Å². The van der Waals surface area contributed by atoms with Gasteiger partial charge >= 0.3 is 0 Å². The van der Waals surface area contributed by atoms with Gasteiger partial charge in [0, 0.05) is 90.0 Å². The first-order valence-corrected chi connectivity index (χ1v) is 21.4. The molecule has 0 fully saturated rings. The maximum absolute atomic E-state index is 2.52. The van der Waals surface area contributed by atoms with Crippen molar-refractivity contribution in [1.82, 2.24) is 9.13 Å². The molecule has 0 unspecified atom stereocenters. The van der Waals surface area contributed by atoms with Crippen LogP contribution in [0.1, 0.15) is 0 Å². The number of nitrogens with zero attached hydrogens (tertiary/aromatic N) is 2.